The number of aromatic nitrogens is 4. The summed E-state index contributed by atoms with van der Waals surface area (Å²) in [5.74, 6) is 1.27. The first-order valence-corrected chi connectivity index (χ1v) is 7.58. The van der Waals surface area contributed by atoms with Crippen LogP contribution in [-0.2, 0) is 4.74 Å². The van der Waals surface area contributed by atoms with Gasteiger partial charge in [-0.25, -0.2) is 4.98 Å². The third-order valence-corrected chi connectivity index (χ3v) is 4.31. The Morgan fingerprint density at radius 1 is 1.38 bits per heavy atom. The number of nitrogens with zero attached hydrogens (tertiary/aromatic N) is 4. The summed E-state index contributed by atoms with van der Waals surface area (Å²) in [4.78, 5) is 13.4. The van der Waals surface area contributed by atoms with Crippen molar-refractivity contribution in [3.05, 3.63) is 6.33 Å². The molecule has 4 atom stereocenters. The second kappa shape index (κ2) is 5.07. The lowest BCUT2D eigenvalue weighted by molar-refractivity contribution is 0.00520. The molecule has 0 saturated carbocycles. The van der Waals surface area contributed by atoms with E-state index in [-0.39, 0.29) is 17.5 Å². The maximum Gasteiger partial charge on any atom is 0.226 e. The molecule has 1 aliphatic rings. The molecule has 2 N–H and O–H groups in total. The van der Waals surface area contributed by atoms with E-state index in [1.54, 1.807) is 13.4 Å². The fourth-order valence-corrected chi connectivity index (χ4v) is 3.47. The van der Waals surface area contributed by atoms with E-state index in [4.69, 9.17) is 4.74 Å². The minimum atomic E-state index is -0.105. The molecular weight excluding hydrogens is 287 g/mol. The zero-order chi connectivity index (χ0) is 15.2. The molecule has 1 saturated heterocycles. The minimum Gasteiger partial charge on any atom is -0.371 e. The molecule has 2 aromatic rings. The van der Waals surface area contributed by atoms with Crippen LogP contribution in [-0.4, -0.2) is 44.9 Å². The Labute approximate surface area is 126 Å². The number of ether oxygens (including phenoxy) is 1. The average Bonchev–Trinajstić information content (AvgIpc) is 2.97. The van der Waals surface area contributed by atoms with Crippen LogP contribution in [0.15, 0.2) is 6.33 Å². The Morgan fingerprint density at radius 3 is 2.71 bits per heavy atom. The average molecular weight is 308 g/mol. The molecule has 21 heavy (non-hydrogen) atoms. The number of fused-ring (bicyclic) bond motifs is 1. The molecule has 8 heteroatoms. The van der Waals surface area contributed by atoms with Gasteiger partial charge in [-0.3, -0.25) is 4.57 Å². The number of hydrogen-bond acceptors (Lipinski definition) is 6. The first-order valence-electron chi connectivity index (χ1n) is 7.00. The quantitative estimate of drug-likeness (QED) is 0.843. The third kappa shape index (κ3) is 2.34. The lowest BCUT2D eigenvalue weighted by Gasteiger charge is -2.26. The highest BCUT2D eigenvalue weighted by atomic mass is 31.0. The van der Waals surface area contributed by atoms with Crippen molar-refractivity contribution in [3.8, 4) is 0 Å². The Kier molecular flexibility index (Phi) is 3.50. The smallest absolute Gasteiger partial charge is 0.226 e. The number of nitrogens with one attached hydrogen (secondary N) is 2. The number of anilines is 2. The summed E-state index contributed by atoms with van der Waals surface area (Å²) >= 11 is 0. The molecule has 1 unspecified atom stereocenters. The lowest BCUT2D eigenvalue weighted by atomic mass is 10.1. The Morgan fingerprint density at radius 2 is 2.14 bits per heavy atom. The van der Waals surface area contributed by atoms with Crippen LogP contribution in [0.3, 0.4) is 0 Å². The Hall–Kier alpha value is -1.46. The van der Waals surface area contributed by atoms with Crippen LogP contribution in [0.25, 0.3) is 11.2 Å². The van der Waals surface area contributed by atoms with Crippen molar-refractivity contribution in [2.24, 2.45) is 0 Å². The van der Waals surface area contributed by atoms with Gasteiger partial charge in [0.2, 0.25) is 5.95 Å². The van der Waals surface area contributed by atoms with Crippen molar-refractivity contribution < 1.29 is 4.74 Å². The van der Waals surface area contributed by atoms with Gasteiger partial charge in [-0.2, -0.15) is 9.97 Å². The normalized spacial score (nSPS) is 29.0. The summed E-state index contributed by atoms with van der Waals surface area (Å²) in [6.45, 7) is 4.27. The standard InChI is InChI=1S/C13H21N6OP/c1-7-5-13(2,21)11(20-7)19-6-16-8-9(14-3)17-12(15-4)18-10(8)19/h6-7,11H,5,21H2,1-4H3,(H2,14,15,17,18)/t7-,11-,13-/m1/s1. The maximum atomic E-state index is 6.08. The highest BCUT2D eigenvalue weighted by molar-refractivity contribution is 7.19. The monoisotopic (exact) mass is 308 g/mol. The number of rotatable bonds is 3. The molecule has 0 spiro atoms. The van der Waals surface area contributed by atoms with Gasteiger partial charge in [0.15, 0.2) is 17.0 Å². The number of hydrogen-bond donors (Lipinski definition) is 2. The van der Waals surface area contributed by atoms with E-state index < -0.39 is 0 Å². The van der Waals surface area contributed by atoms with E-state index in [9.17, 15) is 0 Å². The molecule has 0 radical (unpaired) electrons. The molecule has 0 aromatic carbocycles. The van der Waals surface area contributed by atoms with Crippen LogP contribution in [0.4, 0.5) is 11.8 Å². The van der Waals surface area contributed by atoms with E-state index in [0.717, 1.165) is 17.6 Å². The van der Waals surface area contributed by atoms with Crippen molar-refractivity contribution in [2.75, 3.05) is 24.7 Å². The molecule has 1 aliphatic heterocycles. The van der Waals surface area contributed by atoms with Crippen LogP contribution in [0.5, 0.6) is 0 Å². The van der Waals surface area contributed by atoms with Crippen molar-refractivity contribution >= 4 is 32.2 Å². The predicted molar refractivity (Wildman–Crippen MR) is 86.7 cm³/mol. The van der Waals surface area contributed by atoms with E-state index in [2.05, 4.69) is 48.7 Å². The fraction of sp³-hybridized carbons (Fsp3) is 0.615. The zero-order valence-corrected chi connectivity index (χ0v) is 13.9. The minimum absolute atomic E-state index is 0.0440. The third-order valence-electron chi connectivity index (χ3n) is 3.79. The van der Waals surface area contributed by atoms with Gasteiger partial charge in [0, 0.05) is 19.3 Å². The molecule has 3 rings (SSSR count). The van der Waals surface area contributed by atoms with E-state index in [1.165, 1.54) is 0 Å². The van der Waals surface area contributed by atoms with Gasteiger partial charge in [0.1, 0.15) is 6.23 Å². The Bertz CT molecular complexity index is 670. The van der Waals surface area contributed by atoms with E-state index in [0.29, 0.717) is 11.8 Å². The summed E-state index contributed by atoms with van der Waals surface area (Å²) < 4.78 is 8.07. The topological polar surface area (TPSA) is 76.9 Å². The predicted octanol–water partition coefficient (Wildman–Crippen LogP) is 1.85. The van der Waals surface area contributed by atoms with Gasteiger partial charge < -0.3 is 15.4 Å². The second-order valence-electron chi connectivity index (χ2n) is 5.73. The van der Waals surface area contributed by atoms with E-state index >= 15 is 0 Å². The molecule has 2 aromatic heterocycles. The zero-order valence-electron chi connectivity index (χ0n) is 12.7. The second-order valence-corrected chi connectivity index (χ2v) is 7.05. The van der Waals surface area contributed by atoms with Gasteiger partial charge in [-0.05, 0) is 13.3 Å². The van der Waals surface area contributed by atoms with Crippen LogP contribution in [0.2, 0.25) is 0 Å². The SMILES string of the molecule is CNc1nc(NC)c2ncn([C@@H]3O[C@H](C)C[C@@]3(C)P)c2n1. The number of imidazole rings is 1. The van der Waals surface area contributed by atoms with Crippen LogP contribution in [0.1, 0.15) is 26.5 Å². The summed E-state index contributed by atoms with van der Waals surface area (Å²) in [7, 11) is 6.54. The van der Waals surface area contributed by atoms with Gasteiger partial charge in [0.25, 0.3) is 0 Å². The first-order chi connectivity index (χ1) is 9.96. The van der Waals surface area contributed by atoms with Gasteiger partial charge in [0.05, 0.1) is 12.4 Å². The molecule has 0 bridgehead atoms. The fourth-order valence-electron chi connectivity index (χ4n) is 2.90. The van der Waals surface area contributed by atoms with Crippen molar-refractivity contribution in [1.82, 2.24) is 19.5 Å². The van der Waals surface area contributed by atoms with Gasteiger partial charge in [-0.15, -0.1) is 9.24 Å². The van der Waals surface area contributed by atoms with Gasteiger partial charge in [-0.1, -0.05) is 6.92 Å². The molecular formula is C13H21N6OP. The highest BCUT2D eigenvalue weighted by Crippen LogP contribution is 2.45. The van der Waals surface area contributed by atoms with Crippen LogP contribution < -0.4 is 10.6 Å². The van der Waals surface area contributed by atoms with Crippen LogP contribution in [0, 0.1) is 0 Å². The van der Waals surface area contributed by atoms with Crippen molar-refractivity contribution in [2.45, 2.75) is 37.8 Å². The molecule has 0 amide bonds. The largest absolute Gasteiger partial charge is 0.371 e. The summed E-state index contributed by atoms with van der Waals surface area (Å²) in [6, 6.07) is 0. The molecule has 1 fully saturated rings. The molecule has 7 nitrogen and oxygen atoms in total. The van der Waals surface area contributed by atoms with Crippen molar-refractivity contribution in [1.29, 1.82) is 0 Å². The van der Waals surface area contributed by atoms with E-state index in [1.807, 2.05) is 11.6 Å². The molecule has 114 valence electrons. The summed E-state index contributed by atoms with van der Waals surface area (Å²) in [5.41, 5.74) is 1.52. The van der Waals surface area contributed by atoms with Gasteiger partial charge >= 0.3 is 0 Å². The lowest BCUT2D eigenvalue weighted by Crippen LogP contribution is -2.25. The van der Waals surface area contributed by atoms with Crippen LogP contribution >= 0.6 is 9.24 Å². The van der Waals surface area contributed by atoms with Crippen molar-refractivity contribution in [3.63, 3.8) is 0 Å². The summed E-state index contributed by atoms with van der Waals surface area (Å²) in [6.07, 6.45) is 2.87. The molecule has 0 aliphatic carbocycles. The summed E-state index contributed by atoms with van der Waals surface area (Å²) in [5, 5.41) is 6.00. The first kappa shape index (κ1) is 14.5. The maximum absolute atomic E-state index is 6.08. The highest BCUT2D eigenvalue weighted by Gasteiger charge is 2.42. The Balaban J connectivity index is 2.16. The molecule has 3 heterocycles.